The molecule has 1 unspecified atom stereocenters. The summed E-state index contributed by atoms with van der Waals surface area (Å²) in [7, 11) is -1.11. The van der Waals surface area contributed by atoms with Gasteiger partial charge < -0.3 is 10.3 Å². The molecule has 0 saturated carbocycles. The summed E-state index contributed by atoms with van der Waals surface area (Å²) in [5, 5.41) is 2.67. The third-order valence-corrected chi connectivity index (χ3v) is 2.39. The largest absolute Gasteiger partial charge is 0.329 e. The van der Waals surface area contributed by atoms with Crippen LogP contribution in [0.15, 0.2) is 0 Å². The molecule has 0 aliphatic carbocycles. The van der Waals surface area contributed by atoms with Crippen molar-refractivity contribution in [3.63, 3.8) is 0 Å². The monoisotopic (exact) mass is 152 g/mol. The summed E-state index contributed by atoms with van der Waals surface area (Å²) in [5.41, 5.74) is 5.15. The third kappa shape index (κ3) is 4.60. The van der Waals surface area contributed by atoms with Crippen LogP contribution < -0.4 is 10.8 Å². The molecule has 56 valence electrons. The van der Waals surface area contributed by atoms with Gasteiger partial charge in [0.2, 0.25) is 0 Å². The van der Waals surface area contributed by atoms with E-state index < -0.39 is 7.52 Å². The van der Waals surface area contributed by atoms with Crippen molar-refractivity contribution in [3.05, 3.63) is 0 Å². The van der Waals surface area contributed by atoms with Crippen LogP contribution >= 0.6 is 7.52 Å². The quantitative estimate of drug-likeness (QED) is 0.557. The number of hydrogen-bond donors (Lipinski definition) is 2. The predicted molar refractivity (Wildman–Crippen MR) is 37.6 cm³/mol. The van der Waals surface area contributed by atoms with E-state index in [9.17, 15) is 4.57 Å². The molecule has 0 aromatic rings. The van der Waals surface area contributed by atoms with E-state index in [4.69, 9.17) is 5.73 Å². The average Bonchev–Trinajstić information content (AvgIpc) is 1.84. The van der Waals surface area contributed by atoms with Crippen molar-refractivity contribution >= 4 is 7.52 Å². The Labute approximate surface area is 55.3 Å². The molecule has 3 N–H and O–H groups in total. The van der Waals surface area contributed by atoms with Gasteiger partial charge in [0.25, 0.3) is 7.52 Å². The van der Waals surface area contributed by atoms with E-state index in [2.05, 4.69) is 9.61 Å². The Morgan fingerprint density at radius 1 is 1.78 bits per heavy atom. The summed E-state index contributed by atoms with van der Waals surface area (Å²) in [6.07, 6.45) is 0. The summed E-state index contributed by atoms with van der Waals surface area (Å²) < 4.78 is 15.6. The first kappa shape index (κ1) is 9.11. The van der Waals surface area contributed by atoms with Gasteiger partial charge in [-0.2, -0.15) is 0 Å². The topological polar surface area (TPSA) is 64.3 Å². The Morgan fingerprint density at radius 3 is 2.67 bits per heavy atom. The molecule has 0 aliphatic rings. The van der Waals surface area contributed by atoms with E-state index in [0.717, 1.165) is 0 Å². The van der Waals surface area contributed by atoms with E-state index in [-0.39, 0.29) is 0 Å². The molecular formula is C4H13N2O2P. The fourth-order valence-corrected chi connectivity index (χ4v) is 0.997. The smallest absolute Gasteiger partial charge is 0.266 e. The highest BCUT2D eigenvalue weighted by Gasteiger charge is 2.09. The Bertz CT molecular complexity index is 117. The molecule has 0 fully saturated rings. The minimum atomic E-state index is -2.52. The fourth-order valence-electron chi connectivity index (χ4n) is 0.332. The molecule has 0 aromatic heterocycles. The van der Waals surface area contributed by atoms with Gasteiger partial charge in [0, 0.05) is 26.9 Å². The molecule has 0 aromatic carbocycles. The predicted octanol–water partition coefficient (Wildman–Crippen LogP) is 0.00400. The molecule has 9 heavy (non-hydrogen) atoms. The van der Waals surface area contributed by atoms with Crippen LogP contribution in [0.4, 0.5) is 0 Å². The third-order valence-electron chi connectivity index (χ3n) is 0.892. The lowest BCUT2D eigenvalue weighted by atomic mass is 10.7. The van der Waals surface area contributed by atoms with Crippen LogP contribution in [-0.2, 0) is 9.09 Å². The lowest BCUT2D eigenvalue weighted by Crippen LogP contribution is -2.19. The zero-order valence-corrected chi connectivity index (χ0v) is 6.65. The molecule has 0 heterocycles. The second-order valence-electron chi connectivity index (χ2n) is 1.73. The maximum absolute atomic E-state index is 11.0. The normalized spacial score (nSPS) is 17.2. The Morgan fingerprint density at radius 2 is 2.33 bits per heavy atom. The number of rotatable bonds is 4. The van der Waals surface area contributed by atoms with E-state index in [1.165, 1.54) is 13.8 Å². The average molecular weight is 152 g/mol. The lowest BCUT2D eigenvalue weighted by Gasteiger charge is -2.10. The molecule has 0 aliphatic heterocycles. The van der Waals surface area contributed by atoms with Gasteiger partial charge in [0.1, 0.15) is 0 Å². The van der Waals surface area contributed by atoms with Gasteiger partial charge in [-0.1, -0.05) is 0 Å². The van der Waals surface area contributed by atoms with Crippen LogP contribution in [0, 0.1) is 0 Å². The minimum Gasteiger partial charge on any atom is -0.329 e. The van der Waals surface area contributed by atoms with E-state index in [0.29, 0.717) is 13.1 Å². The summed E-state index contributed by atoms with van der Waals surface area (Å²) in [4.78, 5) is 0. The van der Waals surface area contributed by atoms with E-state index in [1.807, 2.05) is 0 Å². The molecule has 5 heteroatoms. The Kier molecular flexibility index (Phi) is 4.06. The maximum atomic E-state index is 11.0. The molecule has 4 nitrogen and oxygen atoms in total. The Hall–Kier alpha value is 0.110. The van der Waals surface area contributed by atoms with Crippen molar-refractivity contribution in [2.75, 3.05) is 26.9 Å². The molecule has 0 spiro atoms. The first-order valence-electron chi connectivity index (χ1n) is 2.71. The van der Waals surface area contributed by atoms with Gasteiger partial charge in [-0.25, -0.2) is 5.09 Å². The van der Waals surface area contributed by atoms with Crippen molar-refractivity contribution in [2.45, 2.75) is 0 Å². The maximum Gasteiger partial charge on any atom is 0.266 e. The van der Waals surface area contributed by atoms with Crippen LogP contribution in [0.25, 0.3) is 0 Å². The summed E-state index contributed by atoms with van der Waals surface area (Å²) >= 11 is 0. The van der Waals surface area contributed by atoms with Crippen molar-refractivity contribution in [2.24, 2.45) is 5.73 Å². The SMILES string of the molecule is COP(C)(=O)NCCN. The first-order valence-corrected chi connectivity index (χ1v) is 4.78. The Balaban J connectivity index is 3.46. The van der Waals surface area contributed by atoms with Crippen LogP contribution in [0.1, 0.15) is 0 Å². The number of nitrogens with one attached hydrogen (secondary N) is 1. The van der Waals surface area contributed by atoms with E-state index in [1.54, 1.807) is 0 Å². The fraction of sp³-hybridized carbons (Fsp3) is 1.00. The van der Waals surface area contributed by atoms with Crippen molar-refractivity contribution in [3.8, 4) is 0 Å². The molecule has 0 bridgehead atoms. The van der Waals surface area contributed by atoms with Gasteiger partial charge in [0.05, 0.1) is 0 Å². The van der Waals surface area contributed by atoms with Gasteiger partial charge in [-0.3, -0.25) is 4.57 Å². The number of nitrogens with two attached hydrogens (primary N) is 1. The van der Waals surface area contributed by atoms with Crippen molar-refractivity contribution in [1.29, 1.82) is 0 Å². The summed E-state index contributed by atoms with van der Waals surface area (Å²) in [6.45, 7) is 2.52. The van der Waals surface area contributed by atoms with Crippen molar-refractivity contribution < 1.29 is 9.09 Å². The molecule has 0 saturated heterocycles. The lowest BCUT2D eigenvalue weighted by molar-refractivity contribution is 0.388. The van der Waals surface area contributed by atoms with Gasteiger partial charge >= 0.3 is 0 Å². The van der Waals surface area contributed by atoms with Crippen molar-refractivity contribution in [1.82, 2.24) is 5.09 Å². The molecule has 1 atom stereocenters. The van der Waals surface area contributed by atoms with Gasteiger partial charge in [0.15, 0.2) is 0 Å². The second-order valence-corrected chi connectivity index (χ2v) is 4.10. The van der Waals surface area contributed by atoms with Crippen LogP contribution in [-0.4, -0.2) is 26.9 Å². The highest BCUT2D eigenvalue weighted by molar-refractivity contribution is 7.55. The zero-order chi connectivity index (χ0) is 7.33. The highest BCUT2D eigenvalue weighted by Crippen LogP contribution is 2.34. The summed E-state index contributed by atoms with van der Waals surface area (Å²) in [6, 6.07) is 0. The van der Waals surface area contributed by atoms with Gasteiger partial charge in [-0.05, 0) is 0 Å². The summed E-state index contributed by atoms with van der Waals surface area (Å²) in [5.74, 6) is 0. The highest BCUT2D eigenvalue weighted by atomic mass is 31.2. The molecule has 0 rings (SSSR count). The van der Waals surface area contributed by atoms with Crippen LogP contribution in [0.5, 0.6) is 0 Å². The van der Waals surface area contributed by atoms with E-state index >= 15 is 0 Å². The second kappa shape index (κ2) is 4.01. The molecule has 0 radical (unpaired) electrons. The number of hydrogen-bond acceptors (Lipinski definition) is 3. The molecule has 0 amide bonds. The van der Waals surface area contributed by atoms with Crippen LogP contribution in [0.2, 0.25) is 0 Å². The molecular weight excluding hydrogens is 139 g/mol. The standard InChI is InChI=1S/C4H13N2O2P/c1-8-9(2,7)6-4-3-5/h3-5H2,1-2H3,(H,6,7). The first-order chi connectivity index (χ1) is 4.12. The van der Waals surface area contributed by atoms with Gasteiger partial charge in [-0.15, -0.1) is 0 Å². The zero-order valence-electron chi connectivity index (χ0n) is 5.76. The minimum absolute atomic E-state index is 0.473. The van der Waals surface area contributed by atoms with Crippen LogP contribution in [0.3, 0.4) is 0 Å².